The number of anilines is 2. The molecule has 1 aliphatic carbocycles. The number of nitrogens with one attached hydrogen (secondary N) is 2. The van der Waals surface area contributed by atoms with Crippen LogP contribution in [0.1, 0.15) is 36.3 Å². The number of carbonyl (C=O) groups is 1. The maximum absolute atomic E-state index is 13.0. The standard InChI is InChI=1S/C20H22N4O4S/c1-26-12-8-14(28-3)13(27-2)7-9(12)15-16-10(5-4-6-11(16)25)22-19-17(15)18(21)23-20(29)24-19/h7-8,15H,4-6H2,1-3H3,(H4,21,22,23,24,29). The van der Waals surface area contributed by atoms with Crippen molar-refractivity contribution >= 4 is 29.6 Å². The third-order valence-corrected chi connectivity index (χ3v) is 5.54. The first-order chi connectivity index (χ1) is 14.0. The van der Waals surface area contributed by atoms with Crippen molar-refractivity contribution in [1.82, 2.24) is 9.97 Å². The van der Waals surface area contributed by atoms with Gasteiger partial charge in [-0.05, 0) is 31.1 Å². The molecule has 1 aromatic carbocycles. The second-order valence-corrected chi connectivity index (χ2v) is 7.28. The smallest absolute Gasteiger partial charge is 0.200 e. The van der Waals surface area contributed by atoms with Gasteiger partial charge in [-0.3, -0.25) is 4.79 Å². The Labute approximate surface area is 173 Å². The van der Waals surface area contributed by atoms with Crippen LogP contribution in [0.2, 0.25) is 0 Å². The van der Waals surface area contributed by atoms with E-state index in [1.54, 1.807) is 27.4 Å². The largest absolute Gasteiger partial charge is 0.496 e. The Morgan fingerprint density at radius 3 is 2.48 bits per heavy atom. The number of hydrogen-bond donors (Lipinski definition) is 3. The molecule has 8 nitrogen and oxygen atoms in total. The average Bonchev–Trinajstić information content (AvgIpc) is 2.71. The van der Waals surface area contributed by atoms with Gasteiger partial charge in [0, 0.05) is 34.9 Å². The van der Waals surface area contributed by atoms with Crippen LogP contribution in [0.4, 0.5) is 11.6 Å². The van der Waals surface area contributed by atoms with E-state index >= 15 is 0 Å². The second kappa shape index (κ2) is 7.40. The lowest BCUT2D eigenvalue weighted by Gasteiger charge is -2.34. The summed E-state index contributed by atoms with van der Waals surface area (Å²) in [5, 5.41) is 3.28. The Kier molecular flexibility index (Phi) is 4.91. The molecule has 0 bridgehead atoms. The van der Waals surface area contributed by atoms with Gasteiger partial charge in [0.2, 0.25) is 0 Å². The van der Waals surface area contributed by atoms with E-state index < -0.39 is 5.92 Å². The number of ether oxygens (including phenoxy) is 3. The van der Waals surface area contributed by atoms with Crippen LogP contribution in [0.15, 0.2) is 23.4 Å². The second-order valence-electron chi connectivity index (χ2n) is 6.89. The van der Waals surface area contributed by atoms with Gasteiger partial charge >= 0.3 is 0 Å². The van der Waals surface area contributed by atoms with Crippen molar-refractivity contribution in [2.75, 3.05) is 32.4 Å². The lowest BCUT2D eigenvalue weighted by atomic mass is 9.76. The molecule has 9 heteroatoms. The Morgan fingerprint density at radius 1 is 1.10 bits per heavy atom. The molecule has 4 N–H and O–H groups in total. The van der Waals surface area contributed by atoms with E-state index in [1.165, 1.54) is 0 Å². The third kappa shape index (κ3) is 3.11. The minimum atomic E-state index is -0.469. The summed E-state index contributed by atoms with van der Waals surface area (Å²) >= 11 is 5.20. The number of nitrogen functional groups attached to an aromatic ring is 1. The highest BCUT2D eigenvalue weighted by Crippen LogP contribution is 2.50. The van der Waals surface area contributed by atoms with E-state index in [4.69, 9.17) is 32.2 Å². The molecular weight excluding hydrogens is 392 g/mol. The van der Waals surface area contributed by atoms with Crippen LogP contribution in [-0.2, 0) is 4.79 Å². The van der Waals surface area contributed by atoms with E-state index in [1.807, 2.05) is 6.07 Å². The van der Waals surface area contributed by atoms with Gasteiger partial charge in [-0.2, -0.15) is 0 Å². The molecule has 0 fully saturated rings. The highest BCUT2D eigenvalue weighted by molar-refractivity contribution is 7.71. The molecule has 1 aromatic heterocycles. The number of ketones is 1. The van der Waals surface area contributed by atoms with E-state index in [9.17, 15) is 4.79 Å². The quantitative estimate of drug-likeness (QED) is 0.654. The Balaban J connectivity index is 2.04. The fraction of sp³-hybridized carbons (Fsp3) is 0.350. The topological polar surface area (TPSA) is 111 Å². The van der Waals surface area contributed by atoms with Gasteiger partial charge in [0.15, 0.2) is 22.1 Å². The molecule has 0 spiro atoms. The lowest BCUT2D eigenvalue weighted by molar-refractivity contribution is -0.116. The van der Waals surface area contributed by atoms with Gasteiger partial charge in [0.05, 0.1) is 27.2 Å². The Morgan fingerprint density at radius 2 is 1.79 bits per heavy atom. The van der Waals surface area contributed by atoms with Crippen molar-refractivity contribution in [3.63, 3.8) is 0 Å². The Bertz CT molecular complexity index is 1090. The Hall–Kier alpha value is -3.07. The first-order valence-electron chi connectivity index (χ1n) is 9.21. The highest BCUT2D eigenvalue weighted by atomic mass is 32.1. The fourth-order valence-electron chi connectivity index (χ4n) is 4.09. The van der Waals surface area contributed by atoms with Crippen LogP contribution < -0.4 is 25.3 Å². The maximum atomic E-state index is 13.0. The molecule has 2 heterocycles. The lowest BCUT2D eigenvalue weighted by Crippen LogP contribution is -2.29. The van der Waals surface area contributed by atoms with Gasteiger partial charge < -0.3 is 30.2 Å². The number of methoxy groups -OCH3 is 3. The summed E-state index contributed by atoms with van der Waals surface area (Å²) in [4.78, 5) is 20.3. The molecule has 29 heavy (non-hydrogen) atoms. The minimum absolute atomic E-state index is 0.0769. The van der Waals surface area contributed by atoms with Gasteiger partial charge in [-0.25, -0.2) is 4.98 Å². The zero-order valence-electron chi connectivity index (χ0n) is 16.4. The molecular formula is C20H22N4O4S. The number of rotatable bonds is 4. The number of nitrogens with zero attached hydrogens (tertiary/aromatic N) is 1. The molecule has 2 aliphatic rings. The minimum Gasteiger partial charge on any atom is -0.496 e. The monoisotopic (exact) mass is 414 g/mol. The van der Waals surface area contributed by atoms with Crippen LogP contribution in [-0.4, -0.2) is 37.1 Å². The number of Topliss-reactive ketones (excluding diaryl/α,β-unsaturated/α-hetero) is 1. The number of aromatic nitrogens is 2. The normalized spacial score (nSPS) is 17.9. The SMILES string of the molecule is COc1cc(OC)c(C2C3=C(CCCC3=O)Nc3nc(=S)[nH]c(N)c32)cc1OC. The van der Waals surface area contributed by atoms with Crippen molar-refractivity contribution < 1.29 is 19.0 Å². The number of nitrogens with two attached hydrogens (primary N) is 1. The predicted molar refractivity (Wildman–Crippen MR) is 111 cm³/mol. The number of benzene rings is 1. The number of H-pyrrole nitrogens is 1. The van der Waals surface area contributed by atoms with Crippen molar-refractivity contribution in [2.24, 2.45) is 0 Å². The van der Waals surface area contributed by atoms with Crippen molar-refractivity contribution in [1.29, 1.82) is 0 Å². The number of carbonyl (C=O) groups excluding carboxylic acids is 1. The summed E-state index contributed by atoms with van der Waals surface area (Å²) in [6.45, 7) is 0. The molecule has 1 aliphatic heterocycles. The molecule has 0 radical (unpaired) electrons. The zero-order chi connectivity index (χ0) is 20.7. The number of fused-ring (bicyclic) bond motifs is 1. The summed E-state index contributed by atoms with van der Waals surface area (Å²) in [6, 6.07) is 3.57. The van der Waals surface area contributed by atoms with E-state index in [2.05, 4.69) is 15.3 Å². The molecule has 4 rings (SSSR count). The molecule has 1 unspecified atom stereocenters. The molecule has 1 atom stereocenters. The summed E-state index contributed by atoms with van der Waals surface area (Å²) in [6.07, 6.45) is 2.02. The highest BCUT2D eigenvalue weighted by Gasteiger charge is 2.39. The third-order valence-electron chi connectivity index (χ3n) is 5.35. The van der Waals surface area contributed by atoms with E-state index in [-0.39, 0.29) is 10.6 Å². The van der Waals surface area contributed by atoms with E-state index in [0.29, 0.717) is 46.4 Å². The first kappa shape index (κ1) is 19.3. The summed E-state index contributed by atoms with van der Waals surface area (Å²) in [7, 11) is 4.70. The van der Waals surface area contributed by atoms with Gasteiger partial charge in [-0.1, -0.05) is 0 Å². The van der Waals surface area contributed by atoms with Crippen LogP contribution in [0, 0.1) is 4.77 Å². The first-order valence-corrected chi connectivity index (χ1v) is 9.62. The molecule has 0 saturated heterocycles. The predicted octanol–water partition coefficient (Wildman–Crippen LogP) is 3.31. The van der Waals surface area contributed by atoms with Gasteiger partial charge in [-0.15, -0.1) is 0 Å². The van der Waals surface area contributed by atoms with Gasteiger partial charge in [0.1, 0.15) is 17.4 Å². The maximum Gasteiger partial charge on any atom is 0.200 e. The molecule has 2 aromatic rings. The summed E-state index contributed by atoms with van der Waals surface area (Å²) in [5.74, 6) is 2.15. The number of hydrogen-bond acceptors (Lipinski definition) is 8. The molecule has 152 valence electrons. The average molecular weight is 414 g/mol. The van der Waals surface area contributed by atoms with Gasteiger partial charge in [0.25, 0.3) is 0 Å². The van der Waals surface area contributed by atoms with Crippen LogP contribution in [0.3, 0.4) is 0 Å². The summed E-state index contributed by atoms with van der Waals surface area (Å²) < 4.78 is 16.8. The molecule has 0 amide bonds. The number of allylic oxidation sites excluding steroid dienone is 2. The fourth-order valence-corrected chi connectivity index (χ4v) is 4.29. The van der Waals surface area contributed by atoms with Crippen LogP contribution in [0.25, 0.3) is 0 Å². The van der Waals surface area contributed by atoms with Crippen molar-refractivity contribution in [3.8, 4) is 17.2 Å². The number of aromatic amines is 1. The van der Waals surface area contributed by atoms with Crippen molar-refractivity contribution in [3.05, 3.63) is 39.3 Å². The van der Waals surface area contributed by atoms with Crippen LogP contribution in [0.5, 0.6) is 17.2 Å². The molecule has 0 saturated carbocycles. The van der Waals surface area contributed by atoms with Crippen LogP contribution >= 0.6 is 12.2 Å². The summed E-state index contributed by atoms with van der Waals surface area (Å²) in [5.41, 5.74) is 9.26. The van der Waals surface area contributed by atoms with E-state index in [0.717, 1.165) is 24.1 Å². The van der Waals surface area contributed by atoms with Crippen molar-refractivity contribution in [2.45, 2.75) is 25.2 Å². The zero-order valence-corrected chi connectivity index (χ0v) is 17.2.